The number of fused-ring (bicyclic) bond motifs is 1. The third-order valence-electron chi connectivity index (χ3n) is 6.91. The van der Waals surface area contributed by atoms with Crippen LogP contribution in [0.4, 0.5) is 10.1 Å². The second-order valence-corrected chi connectivity index (χ2v) is 9.70. The van der Waals surface area contributed by atoms with Crippen molar-refractivity contribution in [1.29, 1.82) is 0 Å². The number of nitrogens with zero attached hydrogens (tertiary/aromatic N) is 2. The zero-order chi connectivity index (χ0) is 26.5. The van der Waals surface area contributed by atoms with Crippen LogP contribution in [0.5, 0.6) is 5.75 Å². The molecule has 8 heteroatoms. The number of thiocarbonyl (C=S) groups is 1. The highest BCUT2D eigenvalue weighted by Gasteiger charge is 2.29. The molecule has 0 radical (unpaired) electrons. The molecule has 1 aliphatic rings. The Bertz CT molecular complexity index is 1440. The van der Waals surface area contributed by atoms with E-state index in [1.165, 1.54) is 12.1 Å². The number of ether oxygens (including phenoxy) is 1. The molecule has 2 N–H and O–H groups in total. The number of carbonyl (C=O) groups excluding carboxylic acids is 1. The molecule has 5 rings (SSSR count). The second-order valence-electron chi connectivity index (χ2n) is 9.31. The summed E-state index contributed by atoms with van der Waals surface area (Å²) in [6, 6.07) is 25.1. The molecule has 194 valence electrons. The highest BCUT2D eigenvalue weighted by Crippen LogP contribution is 2.27. The van der Waals surface area contributed by atoms with Crippen molar-refractivity contribution in [2.75, 3.05) is 25.5 Å². The second kappa shape index (κ2) is 11.6. The van der Waals surface area contributed by atoms with Crippen LogP contribution in [0, 0.1) is 11.7 Å². The summed E-state index contributed by atoms with van der Waals surface area (Å²) in [6.07, 6.45) is 1.34. The van der Waals surface area contributed by atoms with E-state index in [0.29, 0.717) is 36.7 Å². The van der Waals surface area contributed by atoms with E-state index in [1.807, 2.05) is 60.7 Å². The maximum Gasteiger partial charge on any atom is 0.224 e. The Labute approximate surface area is 226 Å². The van der Waals surface area contributed by atoms with Gasteiger partial charge >= 0.3 is 0 Å². The van der Waals surface area contributed by atoms with E-state index < -0.39 is 6.04 Å². The number of amides is 1. The Balaban J connectivity index is 1.27. The molecule has 1 amide bonds. The summed E-state index contributed by atoms with van der Waals surface area (Å²) in [5.41, 5.74) is 3.14. The van der Waals surface area contributed by atoms with E-state index >= 15 is 0 Å². The standard InChI is InChI=1S/C30H29FN4O2S/c1-37-27-9-5-4-8-25(27)33-30(38)35-18-16-22(17-19-35)29(36)34-28(21-10-13-23(31)14-11-21)26-15-12-20-6-2-3-7-24(20)32-26/h2-15,22,28H,16-19H2,1H3,(H,33,38)(H,34,36). The van der Waals surface area contributed by atoms with Crippen LogP contribution in [0.25, 0.3) is 10.9 Å². The van der Waals surface area contributed by atoms with Crippen LogP contribution in [-0.4, -0.2) is 41.1 Å². The Morgan fingerprint density at radius 1 is 1.00 bits per heavy atom. The van der Waals surface area contributed by atoms with Crippen LogP contribution in [0.2, 0.25) is 0 Å². The number of hydrogen-bond acceptors (Lipinski definition) is 4. The van der Waals surface area contributed by atoms with E-state index in [-0.39, 0.29) is 17.6 Å². The van der Waals surface area contributed by atoms with Crippen molar-refractivity contribution in [3.8, 4) is 5.75 Å². The Morgan fingerprint density at radius 2 is 1.71 bits per heavy atom. The number of nitrogens with one attached hydrogen (secondary N) is 2. The first-order valence-corrected chi connectivity index (χ1v) is 13.0. The summed E-state index contributed by atoms with van der Waals surface area (Å²) >= 11 is 5.63. The van der Waals surface area contributed by atoms with E-state index in [0.717, 1.165) is 27.9 Å². The lowest BCUT2D eigenvalue weighted by Gasteiger charge is -2.34. The fraction of sp³-hybridized carbons (Fsp3) is 0.233. The first-order chi connectivity index (χ1) is 18.5. The van der Waals surface area contributed by atoms with Gasteiger partial charge in [-0.3, -0.25) is 9.78 Å². The van der Waals surface area contributed by atoms with Gasteiger partial charge < -0.3 is 20.3 Å². The summed E-state index contributed by atoms with van der Waals surface area (Å²) < 4.78 is 19.1. The van der Waals surface area contributed by atoms with Crippen molar-refractivity contribution < 1.29 is 13.9 Å². The number of carbonyl (C=O) groups is 1. The molecule has 1 unspecified atom stereocenters. The van der Waals surface area contributed by atoms with E-state index in [4.69, 9.17) is 21.9 Å². The van der Waals surface area contributed by atoms with E-state index in [2.05, 4.69) is 15.5 Å². The van der Waals surface area contributed by atoms with Crippen LogP contribution in [0.15, 0.2) is 84.9 Å². The Hall–Kier alpha value is -4.04. The number of pyridine rings is 1. The zero-order valence-corrected chi connectivity index (χ0v) is 21.9. The quantitative estimate of drug-likeness (QED) is 0.313. The van der Waals surface area contributed by atoms with Crippen molar-refractivity contribution >= 4 is 39.8 Å². The molecule has 1 atom stereocenters. The molecule has 38 heavy (non-hydrogen) atoms. The summed E-state index contributed by atoms with van der Waals surface area (Å²) in [5, 5.41) is 8.09. The average molecular weight is 529 g/mol. The Morgan fingerprint density at radius 3 is 2.47 bits per heavy atom. The van der Waals surface area contributed by atoms with Gasteiger partial charge in [-0.05, 0) is 67.0 Å². The number of para-hydroxylation sites is 3. The number of hydrogen-bond donors (Lipinski definition) is 2. The lowest BCUT2D eigenvalue weighted by Crippen LogP contribution is -2.45. The highest BCUT2D eigenvalue weighted by atomic mass is 32.1. The number of halogens is 1. The number of likely N-dealkylation sites (tertiary alicyclic amines) is 1. The fourth-order valence-electron chi connectivity index (χ4n) is 4.77. The van der Waals surface area contributed by atoms with Crippen molar-refractivity contribution in [2.24, 2.45) is 5.92 Å². The van der Waals surface area contributed by atoms with Gasteiger partial charge in [0.15, 0.2) is 5.11 Å². The minimum Gasteiger partial charge on any atom is -0.495 e. The third-order valence-corrected chi connectivity index (χ3v) is 7.27. The molecule has 2 heterocycles. The topological polar surface area (TPSA) is 66.5 Å². The number of anilines is 1. The fourth-order valence-corrected chi connectivity index (χ4v) is 5.07. The molecule has 1 fully saturated rings. The minimum absolute atomic E-state index is 0.0439. The van der Waals surface area contributed by atoms with Crippen LogP contribution in [-0.2, 0) is 4.79 Å². The molecule has 1 aliphatic heterocycles. The molecule has 1 aromatic heterocycles. The van der Waals surface area contributed by atoms with Crippen molar-refractivity contribution in [3.05, 3.63) is 102 Å². The smallest absolute Gasteiger partial charge is 0.224 e. The molecular formula is C30H29FN4O2S. The summed E-state index contributed by atoms with van der Waals surface area (Å²) in [4.78, 5) is 20.3. The molecule has 4 aromatic rings. The monoisotopic (exact) mass is 528 g/mol. The van der Waals surface area contributed by atoms with Crippen LogP contribution in [0.1, 0.15) is 30.1 Å². The summed E-state index contributed by atoms with van der Waals surface area (Å²) in [6.45, 7) is 1.32. The average Bonchev–Trinajstić information content (AvgIpc) is 2.96. The maximum atomic E-state index is 13.7. The number of methoxy groups -OCH3 is 1. The molecule has 3 aromatic carbocycles. The SMILES string of the molecule is COc1ccccc1NC(=S)N1CCC(C(=O)NC(c2ccc(F)cc2)c2ccc3ccccc3n2)CC1. The molecular weight excluding hydrogens is 499 g/mol. The number of piperidine rings is 1. The van der Waals surface area contributed by atoms with Gasteiger partial charge in [0.05, 0.1) is 30.0 Å². The van der Waals surface area contributed by atoms with Gasteiger partial charge in [0.25, 0.3) is 0 Å². The molecule has 0 spiro atoms. The van der Waals surface area contributed by atoms with Crippen LogP contribution >= 0.6 is 12.2 Å². The summed E-state index contributed by atoms with van der Waals surface area (Å²) in [7, 11) is 1.63. The maximum absolute atomic E-state index is 13.7. The molecule has 1 saturated heterocycles. The number of rotatable bonds is 6. The van der Waals surface area contributed by atoms with Crippen molar-refractivity contribution in [3.63, 3.8) is 0 Å². The van der Waals surface area contributed by atoms with Crippen LogP contribution in [0.3, 0.4) is 0 Å². The summed E-state index contributed by atoms with van der Waals surface area (Å²) in [5.74, 6) is 0.190. The number of benzene rings is 3. The lowest BCUT2D eigenvalue weighted by molar-refractivity contribution is -0.126. The molecule has 0 bridgehead atoms. The third kappa shape index (κ3) is 5.75. The molecule has 0 aliphatic carbocycles. The van der Waals surface area contributed by atoms with Gasteiger partial charge in [-0.1, -0.05) is 48.5 Å². The van der Waals surface area contributed by atoms with Gasteiger partial charge in [-0.2, -0.15) is 0 Å². The van der Waals surface area contributed by atoms with Gasteiger partial charge in [0.2, 0.25) is 5.91 Å². The molecule has 0 saturated carbocycles. The van der Waals surface area contributed by atoms with Gasteiger partial charge in [0.1, 0.15) is 11.6 Å². The van der Waals surface area contributed by atoms with Gasteiger partial charge in [-0.15, -0.1) is 0 Å². The first-order valence-electron chi connectivity index (χ1n) is 12.6. The predicted octanol–water partition coefficient (Wildman–Crippen LogP) is 5.70. The zero-order valence-electron chi connectivity index (χ0n) is 21.1. The van der Waals surface area contributed by atoms with Crippen molar-refractivity contribution in [1.82, 2.24) is 15.2 Å². The Kier molecular flexibility index (Phi) is 7.79. The normalized spacial score (nSPS) is 14.6. The lowest BCUT2D eigenvalue weighted by atomic mass is 9.94. The minimum atomic E-state index is -0.487. The van der Waals surface area contributed by atoms with Crippen molar-refractivity contribution in [2.45, 2.75) is 18.9 Å². The van der Waals surface area contributed by atoms with Gasteiger partial charge in [-0.25, -0.2) is 4.39 Å². The van der Waals surface area contributed by atoms with Crippen LogP contribution < -0.4 is 15.4 Å². The highest BCUT2D eigenvalue weighted by molar-refractivity contribution is 7.80. The first kappa shape index (κ1) is 25.6. The number of aromatic nitrogens is 1. The van der Waals surface area contributed by atoms with Gasteiger partial charge in [0, 0.05) is 24.4 Å². The predicted molar refractivity (Wildman–Crippen MR) is 152 cm³/mol. The van der Waals surface area contributed by atoms with E-state index in [9.17, 15) is 9.18 Å². The van der Waals surface area contributed by atoms with E-state index in [1.54, 1.807) is 19.2 Å². The molecule has 6 nitrogen and oxygen atoms in total. The largest absolute Gasteiger partial charge is 0.495 e.